The number of aromatic nitrogens is 1. The van der Waals surface area contributed by atoms with Crippen LogP contribution in [0.3, 0.4) is 0 Å². The first-order valence-electron chi connectivity index (χ1n) is 5.67. The molecule has 0 saturated heterocycles. The molecule has 1 aliphatic rings. The van der Waals surface area contributed by atoms with Gasteiger partial charge in [-0.05, 0) is 36.8 Å². The molecule has 2 unspecified atom stereocenters. The summed E-state index contributed by atoms with van der Waals surface area (Å²) in [6.07, 6.45) is 5.49. The van der Waals surface area contributed by atoms with Gasteiger partial charge in [-0.3, -0.25) is 16.3 Å². The highest BCUT2D eigenvalue weighted by atomic mass is 15.2. The highest BCUT2D eigenvalue weighted by molar-refractivity contribution is 5.06. The van der Waals surface area contributed by atoms with Crippen molar-refractivity contribution < 1.29 is 0 Å². The van der Waals surface area contributed by atoms with Gasteiger partial charge in [0.05, 0.1) is 0 Å². The Bertz CT molecular complexity index is 295. The summed E-state index contributed by atoms with van der Waals surface area (Å²) in [7, 11) is 0. The molecule has 82 valence electrons. The lowest BCUT2D eigenvalue weighted by Gasteiger charge is -2.22. The van der Waals surface area contributed by atoms with Gasteiger partial charge in [0.2, 0.25) is 0 Å². The number of nitrogens with one attached hydrogen (secondary N) is 1. The lowest BCUT2D eigenvalue weighted by molar-refractivity contribution is 0.341. The van der Waals surface area contributed by atoms with Gasteiger partial charge in [-0.1, -0.05) is 13.0 Å². The van der Waals surface area contributed by atoms with Crippen molar-refractivity contribution >= 4 is 0 Å². The number of nitrogens with zero attached hydrogens (tertiary/aromatic N) is 1. The molecule has 3 heteroatoms. The Morgan fingerprint density at radius 3 is 2.87 bits per heavy atom. The Balaban J connectivity index is 1.95. The molecule has 1 aromatic heterocycles. The molecule has 0 bridgehead atoms. The zero-order valence-electron chi connectivity index (χ0n) is 9.19. The van der Waals surface area contributed by atoms with Crippen LogP contribution in [0.4, 0.5) is 0 Å². The van der Waals surface area contributed by atoms with E-state index >= 15 is 0 Å². The number of hydrogen-bond acceptors (Lipinski definition) is 3. The number of rotatable bonds is 5. The zero-order valence-corrected chi connectivity index (χ0v) is 9.19. The first-order chi connectivity index (χ1) is 7.31. The van der Waals surface area contributed by atoms with E-state index in [1.165, 1.54) is 12.8 Å². The van der Waals surface area contributed by atoms with Crippen LogP contribution in [0, 0.1) is 11.8 Å². The summed E-state index contributed by atoms with van der Waals surface area (Å²) >= 11 is 0. The molecule has 0 spiro atoms. The Morgan fingerprint density at radius 2 is 2.33 bits per heavy atom. The third-order valence-corrected chi connectivity index (χ3v) is 3.37. The van der Waals surface area contributed by atoms with Crippen LogP contribution in [-0.4, -0.2) is 11.0 Å². The fraction of sp³-hybridized carbons (Fsp3) is 0.583. The van der Waals surface area contributed by atoms with Gasteiger partial charge in [-0.15, -0.1) is 0 Å². The minimum Gasteiger partial charge on any atom is -0.271 e. The highest BCUT2D eigenvalue weighted by Crippen LogP contribution is 2.38. The van der Waals surface area contributed by atoms with E-state index in [1.54, 1.807) is 0 Å². The molecule has 1 aliphatic carbocycles. The normalized spacial score (nSPS) is 19.9. The summed E-state index contributed by atoms with van der Waals surface area (Å²) in [4.78, 5) is 4.33. The molecule has 1 saturated carbocycles. The van der Waals surface area contributed by atoms with E-state index in [-0.39, 0.29) is 0 Å². The molecule has 0 aliphatic heterocycles. The molecule has 3 N–H and O–H groups in total. The molecular weight excluding hydrogens is 186 g/mol. The van der Waals surface area contributed by atoms with Gasteiger partial charge in [-0.25, -0.2) is 0 Å². The molecule has 3 nitrogen and oxygen atoms in total. The molecule has 1 aromatic rings. The molecule has 1 fully saturated rings. The summed E-state index contributed by atoms with van der Waals surface area (Å²) in [6, 6.07) is 6.38. The molecular formula is C12H19N3. The van der Waals surface area contributed by atoms with Crippen molar-refractivity contribution in [3.8, 4) is 0 Å². The van der Waals surface area contributed by atoms with Crippen LogP contribution in [0.5, 0.6) is 0 Å². The Kier molecular flexibility index (Phi) is 3.34. The fourth-order valence-electron chi connectivity index (χ4n) is 2.09. The first-order valence-corrected chi connectivity index (χ1v) is 5.67. The van der Waals surface area contributed by atoms with E-state index in [9.17, 15) is 0 Å². The van der Waals surface area contributed by atoms with Gasteiger partial charge in [0.15, 0.2) is 0 Å². The summed E-state index contributed by atoms with van der Waals surface area (Å²) in [5.74, 6) is 7.13. The van der Waals surface area contributed by atoms with Crippen molar-refractivity contribution in [1.29, 1.82) is 0 Å². The monoisotopic (exact) mass is 205 g/mol. The predicted octanol–water partition coefficient (Wildman–Crippen LogP) is 1.50. The second kappa shape index (κ2) is 4.73. The predicted molar refractivity (Wildman–Crippen MR) is 60.9 cm³/mol. The number of hydrazine groups is 1. The summed E-state index contributed by atoms with van der Waals surface area (Å²) in [6.45, 7) is 2.28. The van der Waals surface area contributed by atoms with Crippen molar-refractivity contribution in [3.63, 3.8) is 0 Å². The van der Waals surface area contributed by atoms with Crippen molar-refractivity contribution in [2.45, 2.75) is 32.2 Å². The number of hydrogen-bond donors (Lipinski definition) is 2. The number of nitrogens with two attached hydrogens (primary N) is 1. The fourth-order valence-corrected chi connectivity index (χ4v) is 2.09. The SMILES string of the molecule is CC(C1CC1)C(Cc1ccccn1)NN. The van der Waals surface area contributed by atoms with Crippen LogP contribution in [0.2, 0.25) is 0 Å². The quantitative estimate of drug-likeness (QED) is 0.566. The van der Waals surface area contributed by atoms with E-state index in [0.717, 1.165) is 18.0 Å². The van der Waals surface area contributed by atoms with Crippen molar-refractivity contribution in [2.24, 2.45) is 17.7 Å². The van der Waals surface area contributed by atoms with E-state index < -0.39 is 0 Å². The van der Waals surface area contributed by atoms with E-state index in [4.69, 9.17) is 5.84 Å². The second-order valence-electron chi connectivity index (χ2n) is 4.49. The number of pyridine rings is 1. The Labute approximate surface area is 91.1 Å². The molecule has 0 aromatic carbocycles. The lowest BCUT2D eigenvalue weighted by atomic mass is 9.93. The first kappa shape index (κ1) is 10.6. The maximum atomic E-state index is 5.61. The lowest BCUT2D eigenvalue weighted by Crippen LogP contribution is -2.42. The van der Waals surface area contributed by atoms with Crippen LogP contribution in [-0.2, 0) is 6.42 Å². The van der Waals surface area contributed by atoms with Gasteiger partial charge >= 0.3 is 0 Å². The molecule has 2 atom stereocenters. The molecule has 1 heterocycles. The second-order valence-corrected chi connectivity index (χ2v) is 4.49. The minimum atomic E-state index is 0.354. The van der Waals surface area contributed by atoms with Crippen LogP contribution in [0.1, 0.15) is 25.5 Å². The maximum Gasteiger partial charge on any atom is 0.0419 e. The highest BCUT2D eigenvalue weighted by Gasteiger charge is 2.32. The summed E-state index contributed by atoms with van der Waals surface area (Å²) in [5, 5.41) is 0. The molecule has 0 radical (unpaired) electrons. The van der Waals surface area contributed by atoms with E-state index in [2.05, 4.69) is 23.4 Å². The van der Waals surface area contributed by atoms with Crippen LogP contribution in [0.15, 0.2) is 24.4 Å². The van der Waals surface area contributed by atoms with E-state index in [1.807, 2.05) is 18.3 Å². The average molecular weight is 205 g/mol. The smallest absolute Gasteiger partial charge is 0.0419 e. The van der Waals surface area contributed by atoms with Gasteiger partial charge in [0.1, 0.15) is 0 Å². The van der Waals surface area contributed by atoms with Gasteiger partial charge in [-0.2, -0.15) is 0 Å². The zero-order chi connectivity index (χ0) is 10.7. The standard InChI is InChI=1S/C12H19N3/c1-9(10-5-6-10)12(15-13)8-11-4-2-3-7-14-11/h2-4,7,9-10,12,15H,5-6,8,13H2,1H3. The van der Waals surface area contributed by atoms with Crippen LogP contribution in [0.25, 0.3) is 0 Å². The van der Waals surface area contributed by atoms with Crippen molar-refractivity contribution in [1.82, 2.24) is 10.4 Å². The summed E-state index contributed by atoms with van der Waals surface area (Å²) in [5.41, 5.74) is 4.05. The topological polar surface area (TPSA) is 50.9 Å². The minimum absolute atomic E-state index is 0.354. The Morgan fingerprint density at radius 1 is 1.53 bits per heavy atom. The Hall–Kier alpha value is -0.930. The van der Waals surface area contributed by atoms with Gasteiger partial charge in [0, 0.05) is 24.4 Å². The van der Waals surface area contributed by atoms with Gasteiger partial charge in [0.25, 0.3) is 0 Å². The molecule has 15 heavy (non-hydrogen) atoms. The van der Waals surface area contributed by atoms with E-state index in [0.29, 0.717) is 12.0 Å². The average Bonchev–Trinajstić information content (AvgIpc) is 3.10. The van der Waals surface area contributed by atoms with Gasteiger partial charge < -0.3 is 0 Å². The van der Waals surface area contributed by atoms with Crippen LogP contribution < -0.4 is 11.3 Å². The third-order valence-electron chi connectivity index (χ3n) is 3.37. The molecule has 0 amide bonds. The van der Waals surface area contributed by atoms with Crippen molar-refractivity contribution in [3.05, 3.63) is 30.1 Å². The largest absolute Gasteiger partial charge is 0.271 e. The molecule has 2 rings (SSSR count). The third kappa shape index (κ3) is 2.76. The van der Waals surface area contributed by atoms with Crippen LogP contribution >= 0.6 is 0 Å². The maximum absolute atomic E-state index is 5.61. The summed E-state index contributed by atoms with van der Waals surface area (Å²) < 4.78 is 0. The van der Waals surface area contributed by atoms with Crippen molar-refractivity contribution in [2.75, 3.05) is 0 Å².